The summed E-state index contributed by atoms with van der Waals surface area (Å²) in [7, 11) is 1.28. The number of nitrogens with one attached hydrogen (secondary N) is 1. The summed E-state index contributed by atoms with van der Waals surface area (Å²) < 4.78 is 4.69. The van der Waals surface area contributed by atoms with Gasteiger partial charge in [0.15, 0.2) is 0 Å². The standard InChI is InChI=1S/C13H14N4O6/c1-23-13(18)9-3-2-4-10(9)14-15-11-6-5-8(16(19)20)7-12(11)17(21)22/h5-7,9,15H,2-4H2,1H3. The predicted octanol–water partition coefficient (Wildman–Crippen LogP) is 2.24. The third-order valence-electron chi connectivity index (χ3n) is 3.52. The first-order valence-electron chi connectivity index (χ1n) is 6.77. The molecule has 0 spiro atoms. The molecule has 0 saturated heterocycles. The van der Waals surface area contributed by atoms with Crippen LogP contribution in [0.15, 0.2) is 23.3 Å². The number of methoxy groups -OCH3 is 1. The van der Waals surface area contributed by atoms with Crippen LogP contribution in [0.2, 0.25) is 0 Å². The predicted molar refractivity (Wildman–Crippen MR) is 80.2 cm³/mol. The minimum absolute atomic E-state index is 0.0172. The molecule has 1 fully saturated rings. The Kier molecular flexibility index (Phi) is 4.84. The summed E-state index contributed by atoms with van der Waals surface area (Å²) in [5, 5.41) is 25.8. The minimum atomic E-state index is -0.734. The third-order valence-corrected chi connectivity index (χ3v) is 3.52. The van der Waals surface area contributed by atoms with Gasteiger partial charge in [0.05, 0.1) is 34.7 Å². The fourth-order valence-electron chi connectivity index (χ4n) is 2.37. The third kappa shape index (κ3) is 3.59. The maximum absolute atomic E-state index is 11.6. The topological polar surface area (TPSA) is 137 Å². The quantitative estimate of drug-likeness (QED) is 0.498. The van der Waals surface area contributed by atoms with Crippen LogP contribution in [-0.2, 0) is 9.53 Å². The van der Waals surface area contributed by atoms with Crippen molar-refractivity contribution in [3.8, 4) is 0 Å². The first-order valence-corrected chi connectivity index (χ1v) is 6.77. The van der Waals surface area contributed by atoms with Crippen molar-refractivity contribution in [2.75, 3.05) is 12.5 Å². The fraction of sp³-hybridized carbons (Fsp3) is 0.385. The summed E-state index contributed by atoms with van der Waals surface area (Å²) in [5.41, 5.74) is 2.24. The summed E-state index contributed by atoms with van der Waals surface area (Å²) in [6, 6.07) is 3.21. The van der Waals surface area contributed by atoms with Crippen molar-refractivity contribution in [1.82, 2.24) is 0 Å². The van der Waals surface area contributed by atoms with Crippen LogP contribution >= 0.6 is 0 Å². The SMILES string of the molecule is COC(=O)C1CCCC1=NNc1ccc([N+](=O)[O-])cc1[N+](=O)[O-]. The number of carbonyl (C=O) groups excluding carboxylic acids is 1. The molecule has 122 valence electrons. The van der Waals surface area contributed by atoms with Gasteiger partial charge in [-0.3, -0.25) is 30.4 Å². The van der Waals surface area contributed by atoms with Gasteiger partial charge in [-0.2, -0.15) is 5.10 Å². The maximum Gasteiger partial charge on any atom is 0.314 e. The van der Waals surface area contributed by atoms with Gasteiger partial charge in [0, 0.05) is 6.07 Å². The lowest BCUT2D eigenvalue weighted by molar-refractivity contribution is -0.393. The highest BCUT2D eigenvalue weighted by atomic mass is 16.6. The lowest BCUT2D eigenvalue weighted by Gasteiger charge is -2.09. The first-order chi connectivity index (χ1) is 10.9. The molecule has 1 saturated carbocycles. The van der Waals surface area contributed by atoms with Crippen LogP contribution in [-0.4, -0.2) is 28.6 Å². The highest BCUT2D eigenvalue weighted by Crippen LogP contribution is 2.30. The number of rotatable bonds is 5. The van der Waals surface area contributed by atoms with Crippen LogP contribution in [0, 0.1) is 26.1 Å². The number of esters is 1. The molecule has 0 heterocycles. The van der Waals surface area contributed by atoms with Crippen molar-refractivity contribution in [1.29, 1.82) is 0 Å². The second kappa shape index (κ2) is 6.81. The molecule has 2 rings (SSSR count). The molecule has 1 aliphatic rings. The van der Waals surface area contributed by atoms with E-state index in [0.717, 1.165) is 18.6 Å². The van der Waals surface area contributed by atoms with Gasteiger partial charge >= 0.3 is 11.7 Å². The molecular weight excluding hydrogens is 308 g/mol. The number of non-ortho nitro benzene ring substituents is 1. The molecule has 0 aromatic heterocycles. The molecule has 1 unspecified atom stereocenters. The summed E-state index contributed by atoms with van der Waals surface area (Å²) in [4.78, 5) is 31.9. The normalized spacial score (nSPS) is 18.7. The van der Waals surface area contributed by atoms with Crippen molar-refractivity contribution in [3.05, 3.63) is 38.4 Å². The molecule has 1 aliphatic carbocycles. The molecule has 0 radical (unpaired) electrons. The number of nitrogens with zero attached hydrogens (tertiary/aromatic N) is 3. The number of hydrogen-bond donors (Lipinski definition) is 1. The van der Waals surface area contributed by atoms with E-state index in [9.17, 15) is 25.0 Å². The van der Waals surface area contributed by atoms with Crippen LogP contribution in [0.4, 0.5) is 17.1 Å². The average Bonchev–Trinajstić information content (AvgIpc) is 3.00. The van der Waals surface area contributed by atoms with E-state index < -0.39 is 27.4 Å². The molecule has 10 heteroatoms. The van der Waals surface area contributed by atoms with E-state index in [1.807, 2.05) is 0 Å². The number of hydrazone groups is 1. The smallest absolute Gasteiger partial charge is 0.314 e. The van der Waals surface area contributed by atoms with E-state index in [1.54, 1.807) is 0 Å². The molecule has 1 N–H and O–H groups in total. The van der Waals surface area contributed by atoms with E-state index in [0.29, 0.717) is 18.6 Å². The fourth-order valence-corrected chi connectivity index (χ4v) is 2.37. The van der Waals surface area contributed by atoms with Gasteiger partial charge in [0.25, 0.3) is 5.69 Å². The Hall–Kier alpha value is -3.04. The van der Waals surface area contributed by atoms with Gasteiger partial charge in [-0.15, -0.1) is 0 Å². The van der Waals surface area contributed by atoms with Crippen molar-refractivity contribution in [2.45, 2.75) is 19.3 Å². The highest BCUT2D eigenvalue weighted by Gasteiger charge is 2.30. The van der Waals surface area contributed by atoms with Gasteiger partial charge in [0.1, 0.15) is 5.69 Å². The van der Waals surface area contributed by atoms with Crippen molar-refractivity contribution in [3.63, 3.8) is 0 Å². The number of ether oxygens (including phenoxy) is 1. The van der Waals surface area contributed by atoms with E-state index in [1.165, 1.54) is 13.2 Å². The van der Waals surface area contributed by atoms with Crippen molar-refractivity contribution >= 4 is 28.7 Å². The van der Waals surface area contributed by atoms with E-state index in [-0.39, 0.29) is 11.4 Å². The van der Waals surface area contributed by atoms with Crippen LogP contribution in [0.25, 0.3) is 0 Å². The average molecular weight is 322 g/mol. The first kappa shape index (κ1) is 16.3. The van der Waals surface area contributed by atoms with Gasteiger partial charge in [-0.05, 0) is 25.3 Å². The summed E-state index contributed by atoms with van der Waals surface area (Å²) in [6.07, 6.45) is 1.95. The number of anilines is 1. The number of benzene rings is 1. The number of nitro benzene ring substituents is 2. The number of hydrogen-bond acceptors (Lipinski definition) is 8. The molecular formula is C13H14N4O6. The van der Waals surface area contributed by atoms with Crippen molar-refractivity contribution in [2.24, 2.45) is 11.0 Å². The van der Waals surface area contributed by atoms with Gasteiger partial charge in [-0.1, -0.05) is 0 Å². The lowest BCUT2D eigenvalue weighted by atomic mass is 10.1. The zero-order valence-corrected chi connectivity index (χ0v) is 12.2. The summed E-state index contributed by atoms with van der Waals surface area (Å²) in [5.74, 6) is -0.870. The zero-order chi connectivity index (χ0) is 17.0. The van der Waals surface area contributed by atoms with Crippen LogP contribution in [0.3, 0.4) is 0 Å². The second-order valence-electron chi connectivity index (χ2n) is 4.90. The Morgan fingerprint density at radius 1 is 1.35 bits per heavy atom. The van der Waals surface area contributed by atoms with Gasteiger partial charge in [-0.25, -0.2) is 0 Å². The summed E-state index contributed by atoms with van der Waals surface area (Å²) in [6.45, 7) is 0. The second-order valence-corrected chi connectivity index (χ2v) is 4.90. The van der Waals surface area contributed by atoms with Crippen LogP contribution in [0.5, 0.6) is 0 Å². The highest BCUT2D eigenvalue weighted by molar-refractivity contribution is 6.03. The molecule has 0 amide bonds. The number of nitro groups is 2. The monoisotopic (exact) mass is 322 g/mol. The molecule has 1 aromatic rings. The molecule has 0 aliphatic heterocycles. The Bertz CT molecular complexity index is 687. The molecule has 0 bridgehead atoms. The zero-order valence-electron chi connectivity index (χ0n) is 12.2. The Balaban J connectivity index is 2.26. The Morgan fingerprint density at radius 3 is 2.70 bits per heavy atom. The molecule has 1 atom stereocenters. The molecule has 1 aromatic carbocycles. The van der Waals surface area contributed by atoms with Crippen molar-refractivity contribution < 1.29 is 19.4 Å². The Labute approximate surface area is 130 Å². The summed E-state index contributed by atoms with van der Waals surface area (Å²) >= 11 is 0. The van der Waals surface area contributed by atoms with E-state index in [2.05, 4.69) is 15.3 Å². The molecule has 23 heavy (non-hydrogen) atoms. The minimum Gasteiger partial charge on any atom is -0.469 e. The Morgan fingerprint density at radius 2 is 2.09 bits per heavy atom. The lowest BCUT2D eigenvalue weighted by Crippen LogP contribution is -2.21. The van der Waals surface area contributed by atoms with Gasteiger partial charge in [0.2, 0.25) is 0 Å². The van der Waals surface area contributed by atoms with E-state index in [4.69, 9.17) is 0 Å². The van der Waals surface area contributed by atoms with E-state index >= 15 is 0 Å². The molecule has 10 nitrogen and oxygen atoms in total. The van der Waals surface area contributed by atoms with Crippen LogP contribution < -0.4 is 5.43 Å². The number of carbonyl (C=O) groups is 1. The van der Waals surface area contributed by atoms with Gasteiger partial charge < -0.3 is 4.74 Å². The maximum atomic E-state index is 11.6. The largest absolute Gasteiger partial charge is 0.469 e. The van der Waals surface area contributed by atoms with Crippen LogP contribution in [0.1, 0.15) is 19.3 Å².